The molecule has 3 rings (SSSR count). The molecule has 8 heteroatoms. The number of aromatic nitrogens is 2. The van der Waals surface area contributed by atoms with Crippen LogP contribution in [-0.2, 0) is 17.8 Å². The molecule has 3 aromatic rings. The number of thiophene rings is 1. The van der Waals surface area contributed by atoms with Gasteiger partial charge < -0.3 is 0 Å². The zero-order valence-electron chi connectivity index (χ0n) is 14.2. The number of hydrogen-bond acceptors (Lipinski definition) is 5. The summed E-state index contributed by atoms with van der Waals surface area (Å²) < 4.78 is 1.39. The van der Waals surface area contributed by atoms with E-state index in [0.29, 0.717) is 15.8 Å². The Labute approximate surface area is 153 Å². The van der Waals surface area contributed by atoms with Gasteiger partial charge in [-0.3, -0.25) is 29.8 Å². The second-order valence-corrected chi connectivity index (χ2v) is 6.58. The molecular weight excluding hydrogens is 352 g/mol. The third-order valence-electron chi connectivity index (χ3n) is 3.97. The fraction of sp³-hybridized carbons (Fsp3) is 0.222. The van der Waals surface area contributed by atoms with Crippen LogP contribution in [0.4, 0.5) is 0 Å². The fourth-order valence-electron chi connectivity index (χ4n) is 2.43. The predicted molar refractivity (Wildman–Crippen MR) is 99.9 cm³/mol. The Morgan fingerprint density at radius 1 is 1.15 bits per heavy atom. The largest absolute Gasteiger partial charge is 0.298 e. The van der Waals surface area contributed by atoms with E-state index in [-0.39, 0.29) is 30.3 Å². The first kappa shape index (κ1) is 17.8. The Bertz CT molecular complexity index is 992. The quantitative estimate of drug-likeness (QED) is 0.671. The van der Waals surface area contributed by atoms with Gasteiger partial charge in [0.15, 0.2) is 0 Å². The molecule has 1 aromatic carbocycles. The lowest BCUT2D eigenvalue weighted by atomic mass is 10.1. The number of rotatable bonds is 5. The Kier molecular flexibility index (Phi) is 5.43. The average molecular weight is 370 g/mol. The summed E-state index contributed by atoms with van der Waals surface area (Å²) in [5.41, 5.74) is 6.15. The maximum Gasteiger partial charge on any atom is 0.269 e. The summed E-state index contributed by atoms with van der Waals surface area (Å²) in [6, 6.07) is 8.88. The summed E-state index contributed by atoms with van der Waals surface area (Å²) in [7, 11) is 0. The van der Waals surface area contributed by atoms with Crippen molar-refractivity contribution in [3.63, 3.8) is 0 Å². The van der Waals surface area contributed by atoms with Gasteiger partial charge >= 0.3 is 0 Å². The molecule has 0 unspecified atom stereocenters. The van der Waals surface area contributed by atoms with Crippen LogP contribution in [-0.4, -0.2) is 21.4 Å². The molecule has 2 aromatic heterocycles. The van der Waals surface area contributed by atoms with Crippen molar-refractivity contribution in [3.05, 3.63) is 63.5 Å². The molecule has 2 amide bonds. The lowest BCUT2D eigenvalue weighted by Gasteiger charge is -2.09. The summed E-state index contributed by atoms with van der Waals surface area (Å²) in [6.45, 7) is 2.22. The Morgan fingerprint density at radius 2 is 1.92 bits per heavy atom. The van der Waals surface area contributed by atoms with E-state index >= 15 is 0 Å². The maximum absolute atomic E-state index is 12.2. The molecule has 0 aliphatic carbocycles. The first-order valence-electron chi connectivity index (χ1n) is 8.19. The predicted octanol–water partition coefficient (Wildman–Crippen LogP) is 1.87. The molecule has 0 atom stereocenters. The number of nitrogens with one attached hydrogen (secondary N) is 2. The van der Waals surface area contributed by atoms with E-state index < -0.39 is 0 Å². The second kappa shape index (κ2) is 7.92. The van der Waals surface area contributed by atoms with Crippen molar-refractivity contribution in [1.82, 2.24) is 20.4 Å². The summed E-state index contributed by atoms with van der Waals surface area (Å²) in [5, 5.41) is 2.35. The number of aryl methyl sites for hydroxylation is 2. The van der Waals surface area contributed by atoms with Gasteiger partial charge in [0.05, 0.1) is 11.7 Å². The van der Waals surface area contributed by atoms with Crippen LogP contribution in [0.1, 0.15) is 29.3 Å². The summed E-state index contributed by atoms with van der Waals surface area (Å²) >= 11 is 1.39. The van der Waals surface area contributed by atoms with Crippen molar-refractivity contribution >= 4 is 33.4 Å². The number of carbonyl (C=O) groups is 2. The van der Waals surface area contributed by atoms with Gasteiger partial charge in [0, 0.05) is 18.5 Å². The Balaban J connectivity index is 1.52. The zero-order chi connectivity index (χ0) is 18.5. The van der Waals surface area contributed by atoms with Gasteiger partial charge in [-0.05, 0) is 35.6 Å². The highest BCUT2D eigenvalue weighted by atomic mass is 32.1. The molecule has 7 nitrogen and oxygen atoms in total. The highest BCUT2D eigenvalue weighted by Crippen LogP contribution is 2.13. The first-order valence-corrected chi connectivity index (χ1v) is 9.07. The molecule has 0 aliphatic rings. The van der Waals surface area contributed by atoms with E-state index in [1.807, 2.05) is 19.1 Å². The average Bonchev–Trinajstić information content (AvgIpc) is 3.15. The number of hydrogen-bond donors (Lipinski definition) is 2. The minimum absolute atomic E-state index is 0.0479. The van der Waals surface area contributed by atoms with Crippen LogP contribution >= 0.6 is 11.3 Å². The number of fused-ring (bicyclic) bond motifs is 1. The molecule has 0 fully saturated rings. The number of benzene rings is 1. The topological polar surface area (TPSA) is 93.1 Å². The smallest absolute Gasteiger partial charge is 0.269 e. The van der Waals surface area contributed by atoms with E-state index in [0.717, 1.165) is 12.0 Å². The van der Waals surface area contributed by atoms with E-state index in [2.05, 4.69) is 15.8 Å². The molecule has 0 spiro atoms. The van der Waals surface area contributed by atoms with Crippen LogP contribution in [0.3, 0.4) is 0 Å². The van der Waals surface area contributed by atoms with Crippen LogP contribution in [0.25, 0.3) is 10.2 Å². The Morgan fingerprint density at radius 3 is 2.65 bits per heavy atom. The van der Waals surface area contributed by atoms with E-state index in [1.165, 1.54) is 22.2 Å². The first-order chi connectivity index (χ1) is 12.6. The standard InChI is InChI=1S/C18H18N4O3S/c1-2-12-3-5-13(6-4-12)16(24)21-20-15(23)7-9-22-11-19-17-14(18(22)25)8-10-26-17/h3-6,8,10-11H,2,7,9H2,1H3,(H,20,23)(H,21,24). The molecule has 0 saturated heterocycles. The SMILES string of the molecule is CCc1ccc(C(=O)NNC(=O)CCn2cnc3sccc3c2=O)cc1. The third kappa shape index (κ3) is 3.97. The Hall–Kier alpha value is -3.00. The number of hydrazine groups is 1. The highest BCUT2D eigenvalue weighted by molar-refractivity contribution is 7.16. The molecule has 0 bridgehead atoms. The molecule has 0 aliphatic heterocycles. The van der Waals surface area contributed by atoms with Gasteiger partial charge in [0.25, 0.3) is 11.5 Å². The number of carbonyl (C=O) groups excluding carboxylic acids is 2. The van der Waals surface area contributed by atoms with Gasteiger partial charge in [-0.1, -0.05) is 19.1 Å². The minimum Gasteiger partial charge on any atom is -0.298 e. The van der Waals surface area contributed by atoms with Crippen molar-refractivity contribution < 1.29 is 9.59 Å². The minimum atomic E-state index is -0.389. The van der Waals surface area contributed by atoms with Gasteiger partial charge in [0.1, 0.15) is 4.83 Å². The van der Waals surface area contributed by atoms with Crippen molar-refractivity contribution in [2.45, 2.75) is 26.3 Å². The molecular formula is C18H18N4O3S. The summed E-state index contributed by atoms with van der Waals surface area (Å²) in [4.78, 5) is 41.0. The van der Waals surface area contributed by atoms with Crippen molar-refractivity contribution in [2.24, 2.45) is 0 Å². The molecule has 26 heavy (non-hydrogen) atoms. The normalized spacial score (nSPS) is 10.7. The molecule has 2 heterocycles. The van der Waals surface area contributed by atoms with Crippen molar-refractivity contribution in [2.75, 3.05) is 0 Å². The van der Waals surface area contributed by atoms with Crippen LogP contribution in [0.15, 0.2) is 46.8 Å². The van der Waals surface area contributed by atoms with Crippen LogP contribution < -0.4 is 16.4 Å². The number of amides is 2. The van der Waals surface area contributed by atoms with Gasteiger partial charge in [0.2, 0.25) is 5.91 Å². The second-order valence-electron chi connectivity index (χ2n) is 5.69. The molecule has 134 valence electrons. The van der Waals surface area contributed by atoms with Gasteiger partial charge in [-0.25, -0.2) is 4.98 Å². The van der Waals surface area contributed by atoms with Gasteiger partial charge in [-0.2, -0.15) is 0 Å². The molecule has 0 saturated carbocycles. The molecule has 0 radical (unpaired) electrons. The summed E-state index contributed by atoms with van der Waals surface area (Å²) in [5.74, 6) is -0.777. The lowest BCUT2D eigenvalue weighted by molar-refractivity contribution is -0.122. The molecule has 2 N–H and O–H groups in total. The monoisotopic (exact) mass is 370 g/mol. The summed E-state index contributed by atoms with van der Waals surface area (Å²) in [6.07, 6.45) is 2.37. The van der Waals surface area contributed by atoms with E-state index in [4.69, 9.17) is 0 Å². The lowest BCUT2D eigenvalue weighted by Crippen LogP contribution is -2.42. The number of nitrogens with zero attached hydrogens (tertiary/aromatic N) is 2. The van der Waals surface area contributed by atoms with Crippen LogP contribution in [0, 0.1) is 0 Å². The maximum atomic E-state index is 12.2. The fourth-order valence-corrected chi connectivity index (χ4v) is 3.15. The van der Waals surface area contributed by atoms with E-state index in [9.17, 15) is 14.4 Å². The van der Waals surface area contributed by atoms with Crippen LogP contribution in [0.2, 0.25) is 0 Å². The van der Waals surface area contributed by atoms with Crippen molar-refractivity contribution in [3.8, 4) is 0 Å². The third-order valence-corrected chi connectivity index (χ3v) is 4.79. The highest BCUT2D eigenvalue weighted by Gasteiger charge is 2.09. The van der Waals surface area contributed by atoms with E-state index in [1.54, 1.807) is 23.6 Å². The van der Waals surface area contributed by atoms with Crippen molar-refractivity contribution in [1.29, 1.82) is 0 Å². The zero-order valence-corrected chi connectivity index (χ0v) is 15.0. The van der Waals surface area contributed by atoms with Gasteiger partial charge in [-0.15, -0.1) is 11.3 Å². The van der Waals surface area contributed by atoms with Crippen LogP contribution in [0.5, 0.6) is 0 Å².